The number of ether oxygens (including phenoxy) is 1. The molecule has 1 aromatic heterocycles. The maximum Gasteiger partial charge on any atom is 0.229 e. The molecule has 2 fully saturated rings. The van der Waals surface area contributed by atoms with Gasteiger partial charge in [-0.15, -0.1) is 0 Å². The molecule has 0 aromatic carbocycles. The van der Waals surface area contributed by atoms with Crippen LogP contribution in [0.4, 0.5) is 0 Å². The van der Waals surface area contributed by atoms with Gasteiger partial charge < -0.3 is 14.2 Å². The van der Waals surface area contributed by atoms with Gasteiger partial charge in [-0.3, -0.25) is 4.79 Å². The van der Waals surface area contributed by atoms with E-state index in [1.54, 1.807) is 0 Å². The summed E-state index contributed by atoms with van der Waals surface area (Å²) in [7, 11) is 0. The summed E-state index contributed by atoms with van der Waals surface area (Å²) in [6, 6.07) is 0. The van der Waals surface area contributed by atoms with Crippen LogP contribution in [-0.2, 0) is 14.9 Å². The second-order valence-electron chi connectivity index (χ2n) is 7.92. The third-order valence-electron chi connectivity index (χ3n) is 5.18. The Hall–Kier alpha value is -1.43. The van der Waals surface area contributed by atoms with Gasteiger partial charge in [-0.1, -0.05) is 25.9 Å². The lowest BCUT2D eigenvalue weighted by molar-refractivity contribution is -0.134. The fourth-order valence-electron chi connectivity index (χ4n) is 3.70. The minimum Gasteiger partial charge on any atom is -0.381 e. The zero-order valence-electron chi connectivity index (χ0n) is 15.1. The molecule has 0 bridgehead atoms. The van der Waals surface area contributed by atoms with E-state index in [2.05, 4.69) is 25.9 Å². The van der Waals surface area contributed by atoms with E-state index in [0.717, 1.165) is 57.2 Å². The fourth-order valence-corrected chi connectivity index (χ4v) is 3.70. The Balaban J connectivity index is 1.70. The van der Waals surface area contributed by atoms with Crippen LogP contribution in [0, 0.1) is 5.92 Å². The Labute approximate surface area is 143 Å². The molecule has 6 heteroatoms. The first-order valence-electron chi connectivity index (χ1n) is 9.17. The van der Waals surface area contributed by atoms with Crippen LogP contribution in [0.5, 0.6) is 0 Å². The van der Waals surface area contributed by atoms with Crippen LogP contribution in [0.1, 0.15) is 70.5 Å². The molecule has 3 rings (SSSR count). The normalized spacial score (nSPS) is 26.1. The van der Waals surface area contributed by atoms with Gasteiger partial charge in [0.1, 0.15) is 0 Å². The monoisotopic (exact) mass is 335 g/mol. The van der Waals surface area contributed by atoms with E-state index >= 15 is 0 Å². The summed E-state index contributed by atoms with van der Waals surface area (Å²) < 4.78 is 11.0. The Kier molecular flexibility index (Phi) is 5.23. The van der Waals surface area contributed by atoms with Crippen molar-refractivity contribution < 1.29 is 14.1 Å². The van der Waals surface area contributed by atoms with Crippen LogP contribution in [0.3, 0.4) is 0 Å². The van der Waals surface area contributed by atoms with Crippen molar-refractivity contribution in [1.82, 2.24) is 15.0 Å². The summed E-state index contributed by atoms with van der Waals surface area (Å²) in [6.45, 7) is 9.37. The molecule has 134 valence electrons. The molecule has 2 saturated heterocycles. The van der Waals surface area contributed by atoms with Gasteiger partial charge >= 0.3 is 0 Å². The summed E-state index contributed by atoms with van der Waals surface area (Å²) in [5.41, 5.74) is -0.211. The maximum atomic E-state index is 12.4. The van der Waals surface area contributed by atoms with Gasteiger partial charge in [0.2, 0.25) is 11.8 Å². The van der Waals surface area contributed by atoms with Gasteiger partial charge in [0.25, 0.3) is 0 Å². The number of nitrogens with zero attached hydrogens (tertiary/aromatic N) is 3. The number of hydrogen-bond donors (Lipinski definition) is 0. The minimum atomic E-state index is -0.211. The quantitative estimate of drug-likeness (QED) is 0.846. The molecule has 3 heterocycles. The summed E-state index contributed by atoms with van der Waals surface area (Å²) in [6.07, 6.45) is 4.47. The molecule has 1 amide bonds. The summed E-state index contributed by atoms with van der Waals surface area (Å²) in [5.74, 6) is 2.43. The van der Waals surface area contributed by atoms with Crippen molar-refractivity contribution in [1.29, 1.82) is 0 Å². The second kappa shape index (κ2) is 7.21. The number of hydrogen-bond acceptors (Lipinski definition) is 5. The standard InChI is InChI=1S/C18H29N3O3/c1-13(2)11-15(22)21-8-4-7-18(3,12-21)17-19-16(24-20-17)14-5-9-23-10-6-14/h13-14H,4-12H2,1-3H3. The first kappa shape index (κ1) is 17.4. The van der Waals surface area contributed by atoms with Crippen LogP contribution in [-0.4, -0.2) is 47.3 Å². The van der Waals surface area contributed by atoms with Gasteiger partial charge in [0.15, 0.2) is 5.82 Å². The van der Waals surface area contributed by atoms with E-state index < -0.39 is 0 Å². The molecule has 1 atom stereocenters. The highest BCUT2D eigenvalue weighted by Crippen LogP contribution is 2.34. The predicted molar refractivity (Wildman–Crippen MR) is 89.7 cm³/mol. The average molecular weight is 335 g/mol. The number of carbonyl (C=O) groups excluding carboxylic acids is 1. The number of rotatable bonds is 4. The Bertz CT molecular complexity index is 566. The molecule has 0 spiro atoms. The fraction of sp³-hybridized carbons (Fsp3) is 0.833. The van der Waals surface area contributed by atoms with Gasteiger partial charge in [-0.2, -0.15) is 4.98 Å². The van der Waals surface area contributed by atoms with E-state index in [0.29, 0.717) is 24.8 Å². The van der Waals surface area contributed by atoms with Crippen LogP contribution in [0.25, 0.3) is 0 Å². The predicted octanol–water partition coefficient (Wildman–Crippen LogP) is 2.89. The van der Waals surface area contributed by atoms with E-state index in [-0.39, 0.29) is 11.3 Å². The van der Waals surface area contributed by atoms with E-state index in [9.17, 15) is 4.79 Å². The van der Waals surface area contributed by atoms with Crippen molar-refractivity contribution >= 4 is 5.91 Å². The molecule has 6 nitrogen and oxygen atoms in total. The van der Waals surface area contributed by atoms with E-state index in [1.807, 2.05) is 4.90 Å². The first-order chi connectivity index (χ1) is 11.5. The number of carbonyl (C=O) groups is 1. The van der Waals surface area contributed by atoms with Gasteiger partial charge in [0, 0.05) is 44.1 Å². The molecular weight excluding hydrogens is 306 g/mol. The van der Waals surface area contributed by atoms with Crippen LogP contribution in [0.15, 0.2) is 4.52 Å². The topological polar surface area (TPSA) is 68.5 Å². The van der Waals surface area contributed by atoms with Crippen molar-refractivity contribution in [3.63, 3.8) is 0 Å². The third kappa shape index (κ3) is 3.79. The Morgan fingerprint density at radius 3 is 2.83 bits per heavy atom. The zero-order chi connectivity index (χ0) is 17.2. The second-order valence-corrected chi connectivity index (χ2v) is 7.92. The van der Waals surface area contributed by atoms with Gasteiger partial charge in [-0.05, 0) is 31.6 Å². The highest BCUT2D eigenvalue weighted by Gasteiger charge is 2.39. The SMILES string of the molecule is CC(C)CC(=O)N1CCCC(C)(c2noc(C3CCOCC3)n2)C1. The first-order valence-corrected chi connectivity index (χ1v) is 9.17. The largest absolute Gasteiger partial charge is 0.381 e. The molecule has 0 N–H and O–H groups in total. The molecular formula is C18H29N3O3. The van der Waals surface area contributed by atoms with Crippen LogP contribution >= 0.6 is 0 Å². The summed E-state index contributed by atoms with van der Waals surface area (Å²) in [5, 5.41) is 4.28. The van der Waals surface area contributed by atoms with Crippen molar-refractivity contribution in [2.24, 2.45) is 5.92 Å². The molecule has 0 saturated carbocycles. The lowest BCUT2D eigenvalue weighted by Gasteiger charge is -2.38. The Morgan fingerprint density at radius 2 is 2.12 bits per heavy atom. The molecule has 24 heavy (non-hydrogen) atoms. The highest BCUT2D eigenvalue weighted by atomic mass is 16.5. The van der Waals surface area contributed by atoms with Gasteiger partial charge in [0.05, 0.1) is 0 Å². The molecule has 1 unspecified atom stereocenters. The van der Waals surface area contributed by atoms with Crippen molar-refractivity contribution in [3.8, 4) is 0 Å². The molecule has 2 aliphatic heterocycles. The minimum absolute atomic E-state index is 0.211. The summed E-state index contributed by atoms with van der Waals surface area (Å²) in [4.78, 5) is 19.1. The number of aromatic nitrogens is 2. The Morgan fingerprint density at radius 1 is 1.38 bits per heavy atom. The molecule has 0 radical (unpaired) electrons. The highest BCUT2D eigenvalue weighted by molar-refractivity contribution is 5.76. The lowest BCUT2D eigenvalue weighted by Crippen LogP contribution is -2.47. The van der Waals surface area contributed by atoms with E-state index in [4.69, 9.17) is 14.2 Å². The number of likely N-dealkylation sites (tertiary alicyclic amines) is 1. The lowest BCUT2D eigenvalue weighted by atomic mass is 9.81. The molecule has 2 aliphatic rings. The molecule has 1 aromatic rings. The average Bonchev–Trinajstić information content (AvgIpc) is 3.06. The van der Waals surface area contributed by atoms with Crippen molar-refractivity contribution in [2.45, 2.75) is 64.2 Å². The third-order valence-corrected chi connectivity index (χ3v) is 5.18. The van der Waals surface area contributed by atoms with Crippen molar-refractivity contribution in [3.05, 3.63) is 11.7 Å². The smallest absolute Gasteiger partial charge is 0.229 e. The van der Waals surface area contributed by atoms with Crippen LogP contribution < -0.4 is 0 Å². The van der Waals surface area contributed by atoms with Gasteiger partial charge in [-0.25, -0.2) is 0 Å². The summed E-state index contributed by atoms with van der Waals surface area (Å²) >= 11 is 0. The molecule has 0 aliphatic carbocycles. The van der Waals surface area contributed by atoms with E-state index in [1.165, 1.54) is 0 Å². The zero-order valence-corrected chi connectivity index (χ0v) is 15.1. The number of piperidine rings is 1. The number of amides is 1. The van der Waals surface area contributed by atoms with Crippen molar-refractivity contribution in [2.75, 3.05) is 26.3 Å². The van der Waals surface area contributed by atoms with Crippen LogP contribution in [0.2, 0.25) is 0 Å². The maximum absolute atomic E-state index is 12.4.